The molecule has 7 heteroatoms. The predicted molar refractivity (Wildman–Crippen MR) is 205 cm³/mol. The fourth-order valence-electron chi connectivity index (χ4n) is 6.80. The molecule has 0 saturated carbocycles. The summed E-state index contributed by atoms with van der Waals surface area (Å²) in [7, 11) is 0. The van der Waals surface area contributed by atoms with Gasteiger partial charge < -0.3 is 9.47 Å². The smallest absolute Gasteiger partial charge is 0.150 e. The maximum absolute atomic E-state index is 6.37. The monoisotopic (exact) mass is 679 g/mol. The Balaban J connectivity index is 1.64. The van der Waals surface area contributed by atoms with Crippen LogP contribution in [-0.4, -0.2) is 37.8 Å². The van der Waals surface area contributed by atoms with Crippen LogP contribution in [0.15, 0.2) is 42.5 Å². The minimum atomic E-state index is -0.129. The van der Waals surface area contributed by atoms with Crippen molar-refractivity contribution >= 4 is 0 Å². The average molecular weight is 680 g/mol. The van der Waals surface area contributed by atoms with E-state index in [2.05, 4.69) is 135 Å². The summed E-state index contributed by atoms with van der Waals surface area (Å²) in [6.45, 7) is 28.7. The molecular weight excluding hydrogens is 619 g/mol. The molecule has 1 aromatic carbocycles. The molecule has 2 saturated heterocycles. The standard InChI is InChI=1S/C43H61N5O2/c1-40(2,3)30-21-28(22-31(25-30)41(4,5)6)29-23-32(34-26-36(42(7,8)9)45-47(34)38-17-13-15-19-49-38)44-33(24-29)35-27-37(43(10,11)12)46-48(35)39-18-14-16-20-50-39/h21-27,38-39H,13-20H2,1-12H3. The second kappa shape index (κ2) is 13.4. The quantitative estimate of drug-likeness (QED) is 0.210. The van der Waals surface area contributed by atoms with Gasteiger partial charge in [0.25, 0.3) is 0 Å². The highest BCUT2D eigenvalue weighted by Crippen LogP contribution is 2.40. The third kappa shape index (κ3) is 7.79. The molecular formula is C43H61N5O2. The van der Waals surface area contributed by atoms with E-state index in [9.17, 15) is 0 Å². The van der Waals surface area contributed by atoms with Crippen LogP contribution in [0.5, 0.6) is 0 Å². The maximum Gasteiger partial charge on any atom is 0.150 e. The third-order valence-corrected chi connectivity index (χ3v) is 10.2. The van der Waals surface area contributed by atoms with Crippen molar-refractivity contribution in [3.8, 4) is 33.9 Å². The van der Waals surface area contributed by atoms with Crippen LogP contribution in [0.25, 0.3) is 33.9 Å². The van der Waals surface area contributed by atoms with Crippen molar-refractivity contribution in [1.82, 2.24) is 24.5 Å². The van der Waals surface area contributed by atoms with Gasteiger partial charge in [0, 0.05) is 24.0 Å². The zero-order chi connectivity index (χ0) is 36.2. The molecule has 2 unspecified atom stereocenters. The van der Waals surface area contributed by atoms with Crippen molar-refractivity contribution in [2.45, 2.75) is 156 Å². The fraction of sp³-hybridized carbons (Fsp3) is 0.605. The minimum Gasteiger partial charge on any atom is -0.356 e. The SMILES string of the molecule is CC(C)(C)c1cc(-c2cc(-c3cc(C(C)(C)C)nn3C3CCCCO3)nc(-c3cc(C(C)(C)C)nn3C3CCCCO3)c2)cc(C(C)(C)C)c1. The number of rotatable bonds is 5. The van der Waals surface area contributed by atoms with Crippen LogP contribution in [-0.2, 0) is 31.1 Å². The number of hydrogen-bond donors (Lipinski definition) is 0. The van der Waals surface area contributed by atoms with Crippen molar-refractivity contribution < 1.29 is 9.47 Å². The van der Waals surface area contributed by atoms with Gasteiger partial charge in [-0.2, -0.15) is 10.2 Å². The Hall–Kier alpha value is -3.29. The number of aromatic nitrogens is 5. The van der Waals surface area contributed by atoms with Gasteiger partial charge >= 0.3 is 0 Å². The van der Waals surface area contributed by atoms with Gasteiger partial charge in [0.05, 0.1) is 34.2 Å². The molecule has 7 nitrogen and oxygen atoms in total. The van der Waals surface area contributed by atoms with Gasteiger partial charge in [0.1, 0.15) is 0 Å². The summed E-state index contributed by atoms with van der Waals surface area (Å²) in [5.41, 5.74) is 10.5. The van der Waals surface area contributed by atoms with E-state index in [1.165, 1.54) is 16.7 Å². The lowest BCUT2D eigenvalue weighted by molar-refractivity contribution is -0.0387. The minimum absolute atomic E-state index is 0.00813. The molecule has 2 aliphatic heterocycles. The summed E-state index contributed by atoms with van der Waals surface area (Å²) in [6.07, 6.45) is 6.06. The summed E-state index contributed by atoms with van der Waals surface area (Å²) in [4.78, 5) is 5.51. The summed E-state index contributed by atoms with van der Waals surface area (Å²) in [5, 5.41) is 10.4. The Bertz CT molecular complexity index is 1680. The van der Waals surface area contributed by atoms with Gasteiger partial charge in [-0.1, -0.05) is 101 Å². The molecule has 0 bridgehead atoms. The van der Waals surface area contributed by atoms with E-state index in [4.69, 9.17) is 24.7 Å². The summed E-state index contributed by atoms with van der Waals surface area (Å²) in [6, 6.07) is 16.2. The molecule has 0 radical (unpaired) electrons. The predicted octanol–water partition coefficient (Wildman–Crippen LogP) is 11.1. The van der Waals surface area contributed by atoms with E-state index in [1.54, 1.807) is 0 Å². The molecule has 2 aliphatic rings. The van der Waals surface area contributed by atoms with Gasteiger partial charge in [0.2, 0.25) is 0 Å². The molecule has 0 N–H and O–H groups in total. The highest BCUT2D eigenvalue weighted by molar-refractivity contribution is 5.76. The Kier molecular flexibility index (Phi) is 9.75. The Labute approximate surface area is 301 Å². The molecule has 2 atom stereocenters. The third-order valence-electron chi connectivity index (χ3n) is 10.2. The largest absolute Gasteiger partial charge is 0.356 e. The average Bonchev–Trinajstić information content (AvgIpc) is 3.71. The van der Waals surface area contributed by atoms with Gasteiger partial charge in [-0.15, -0.1) is 0 Å². The molecule has 0 amide bonds. The van der Waals surface area contributed by atoms with Crippen LogP contribution in [0, 0.1) is 0 Å². The number of ether oxygens (including phenoxy) is 2. The molecule has 0 spiro atoms. The van der Waals surface area contributed by atoms with E-state index >= 15 is 0 Å². The molecule has 0 aliphatic carbocycles. The Morgan fingerprint density at radius 1 is 0.500 bits per heavy atom. The first-order valence-corrected chi connectivity index (χ1v) is 18.9. The van der Waals surface area contributed by atoms with Crippen LogP contribution < -0.4 is 0 Å². The lowest BCUT2D eigenvalue weighted by Gasteiger charge is -2.27. The number of hydrogen-bond acceptors (Lipinski definition) is 5. The van der Waals surface area contributed by atoms with Gasteiger partial charge in [0.15, 0.2) is 12.5 Å². The highest BCUT2D eigenvalue weighted by Gasteiger charge is 2.30. The van der Waals surface area contributed by atoms with Crippen molar-refractivity contribution in [2.24, 2.45) is 0 Å². The second-order valence-electron chi connectivity index (χ2n) is 18.8. The van der Waals surface area contributed by atoms with Crippen LogP contribution in [0.4, 0.5) is 0 Å². The first-order valence-electron chi connectivity index (χ1n) is 18.9. The van der Waals surface area contributed by atoms with Crippen LogP contribution >= 0.6 is 0 Å². The van der Waals surface area contributed by atoms with Crippen molar-refractivity contribution in [3.63, 3.8) is 0 Å². The number of benzene rings is 1. The van der Waals surface area contributed by atoms with Crippen molar-refractivity contribution in [1.29, 1.82) is 0 Å². The van der Waals surface area contributed by atoms with Crippen LogP contribution in [0.1, 0.15) is 157 Å². The summed E-state index contributed by atoms with van der Waals surface area (Å²) >= 11 is 0. The van der Waals surface area contributed by atoms with E-state index in [-0.39, 0.29) is 34.1 Å². The normalized spacial score (nSPS) is 19.6. The zero-order valence-corrected chi connectivity index (χ0v) is 32.9. The second-order valence-corrected chi connectivity index (χ2v) is 18.8. The lowest BCUT2D eigenvalue weighted by Crippen LogP contribution is -2.22. The summed E-state index contributed by atoms with van der Waals surface area (Å²) < 4.78 is 17.0. The first kappa shape index (κ1) is 36.5. The van der Waals surface area contributed by atoms with Crippen LogP contribution in [0.3, 0.4) is 0 Å². The molecule has 50 heavy (non-hydrogen) atoms. The van der Waals surface area contributed by atoms with Gasteiger partial charge in [-0.05, 0) is 95.9 Å². The van der Waals surface area contributed by atoms with Gasteiger partial charge in [-0.3, -0.25) is 0 Å². The highest BCUT2D eigenvalue weighted by atomic mass is 16.5. The molecule has 3 aromatic heterocycles. The number of nitrogens with zero attached hydrogens (tertiary/aromatic N) is 5. The zero-order valence-electron chi connectivity index (χ0n) is 32.9. The van der Waals surface area contributed by atoms with E-state index in [1.807, 2.05) is 0 Å². The molecule has 6 rings (SSSR count). The van der Waals surface area contributed by atoms with Crippen LogP contribution in [0.2, 0.25) is 0 Å². The molecule has 2 fully saturated rings. The molecule has 270 valence electrons. The van der Waals surface area contributed by atoms with Gasteiger partial charge in [-0.25, -0.2) is 14.3 Å². The first-order chi connectivity index (χ1) is 23.3. The Morgan fingerprint density at radius 2 is 0.900 bits per heavy atom. The van der Waals surface area contributed by atoms with Crippen molar-refractivity contribution in [2.75, 3.05) is 13.2 Å². The molecule has 5 heterocycles. The number of pyridine rings is 1. The van der Waals surface area contributed by atoms with Crippen molar-refractivity contribution in [3.05, 3.63) is 65.0 Å². The van der Waals surface area contributed by atoms with E-state index < -0.39 is 0 Å². The fourth-order valence-corrected chi connectivity index (χ4v) is 6.80. The molecule has 4 aromatic rings. The summed E-state index contributed by atoms with van der Waals surface area (Å²) in [5.74, 6) is 0. The topological polar surface area (TPSA) is 67.0 Å². The Morgan fingerprint density at radius 3 is 1.24 bits per heavy atom. The van der Waals surface area contributed by atoms with E-state index in [0.717, 1.165) is 91.5 Å². The lowest BCUT2D eigenvalue weighted by atomic mass is 9.79. The maximum atomic E-state index is 6.37. The van der Waals surface area contributed by atoms with E-state index in [0.29, 0.717) is 0 Å².